The van der Waals surface area contributed by atoms with Crippen molar-refractivity contribution >= 4 is 24.8 Å². The maximum absolute atomic E-state index is 13.5. The predicted molar refractivity (Wildman–Crippen MR) is 75.6 cm³/mol. The van der Waals surface area contributed by atoms with Crippen LogP contribution in [0.4, 0.5) is 10.1 Å². The summed E-state index contributed by atoms with van der Waals surface area (Å²) < 4.78 is 31.0. The molecule has 100 valence electrons. The summed E-state index contributed by atoms with van der Waals surface area (Å²) in [6.07, 6.45) is 0. The van der Waals surface area contributed by atoms with E-state index in [-0.39, 0.29) is 5.69 Å². The molecule has 0 heterocycles. The van der Waals surface area contributed by atoms with Gasteiger partial charge in [-0.2, -0.15) is 0 Å². The number of anilines is 1. The highest BCUT2D eigenvalue weighted by atomic mass is 35.5. The Bertz CT molecular complexity index is 618. The summed E-state index contributed by atoms with van der Waals surface area (Å²) in [5.74, 6) is -0.0802. The monoisotopic (exact) mass is 299 g/mol. The Labute approximate surface area is 115 Å². The maximum atomic E-state index is 13.5. The largest absolute Gasteiger partial charge is 0.429 e. The first kappa shape index (κ1) is 13.9. The molecule has 0 bridgehead atoms. The maximum Gasteiger partial charge on any atom is 0.338 e. The average molecular weight is 300 g/mol. The van der Waals surface area contributed by atoms with E-state index >= 15 is 0 Å². The van der Waals surface area contributed by atoms with Crippen LogP contribution in [0.25, 0.3) is 0 Å². The highest BCUT2D eigenvalue weighted by Gasteiger charge is 2.18. The first-order valence-corrected chi connectivity index (χ1v) is 7.97. The number of hydrogen-bond donors (Lipinski definition) is 1. The van der Waals surface area contributed by atoms with Gasteiger partial charge in [0.1, 0.15) is 11.6 Å². The molecule has 2 aromatic rings. The van der Waals surface area contributed by atoms with Crippen molar-refractivity contribution in [3.63, 3.8) is 0 Å². The molecule has 2 rings (SSSR count). The molecule has 0 saturated carbocycles. The zero-order valence-corrected chi connectivity index (χ0v) is 11.8. The predicted octanol–water partition coefficient (Wildman–Crippen LogP) is 4.79. The van der Waals surface area contributed by atoms with Gasteiger partial charge < -0.3 is 9.61 Å². The minimum absolute atomic E-state index is 0.141. The van der Waals surface area contributed by atoms with E-state index in [2.05, 4.69) is 5.09 Å². The molecule has 1 N–H and O–H groups in total. The smallest absolute Gasteiger partial charge is 0.338 e. The molecule has 2 aromatic carbocycles. The van der Waals surface area contributed by atoms with Crippen molar-refractivity contribution in [3.05, 3.63) is 59.4 Å². The van der Waals surface area contributed by atoms with Crippen LogP contribution in [0.3, 0.4) is 0 Å². The summed E-state index contributed by atoms with van der Waals surface area (Å²) in [5.41, 5.74) is 0.141. The van der Waals surface area contributed by atoms with Crippen LogP contribution in [-0.4, -0.2) is 6.66 Å². The van der Waals surface area contributed by atoms with Crippen LogP contribution in [0.5, 0.6) is 5.75 Å². The molecule has 0 radical (unpaired) electrons. The van der Waals surface area contributed by atoms with E-state index in [0.29, 0.717) is 10.8 Å². The standard InChI is InChI=1S/C13H12ClFNO2P/c1-19(17,16-13-5-3-2-4-12(13)15)18-11-8-6-10(14)7-9-11/h2-9H,1H3,(H,16,17)/t19-/m1/s1. The van der Waals surface area contributed by atoms with Crippen LogP contribution < -0.4 is 9.61 Å². The highest BCUT2D eigenvalue weighted by molar-refractivity contribution is 7.60. The zero-order valence-electron chi connectivity index (χ0n) is 10.1. The fourth-order valence-electron chi connectivity index (χ4n) is 1.49. The molecule has 0 aliphatic heterocycles. The number of halogens is 2. The van der Waals surface area contributed by atoms with Gasteiger partial charge in [0.15, 0.2) is 0 Å². The molecule has 0 amide bonds. The van der Waals surface area contributed by atoms with E-state index in [0.717, 1.165) is 0 Å². The molecule has 0 saturated heterocycles. The van der Waals surface area contributed by atoms with Crippen LogP contribution in [-0.2, 0) is 4.57 Å². The van der Waals surface area contributed by atoms with Gasteiger partial charge in [0.25, 0.3) is 0 Å². The Hall–Kier alpha value is -1.51. The van der Waals surface area contributed by atoms with Crippen molar-refractivity contribution in [3.8, 4) is 5.75 Å². The lowest BCUT2D eigenvalue weighted by atomic mass is 10.3. The van der Waals surface area contributed by atoms with Crippen molar-refractivity contribution in [2.45, 2.75) is 0 Å². The van der Waals surface area contributed by atoms with Crippen LogP contribution in [0.15, 0.2) is 48.5 Å². The van der Waals surface area contributed by atoms with Gasteiger partial charge in [-0.3, -0.25) is 4.57 Å². The van der Waals surface area contributed by atoms with Crippen molar-refractivity contribution in [2.75, 3.05) is 11.8 Å². The molecule has 1 atom stereocenters. The second-order valence-corrected chi connectivity index (χ2v) is 6.52. The second kappa shape index (κ2) is 5.64. The highest BCUT2D eigenvalue weighted by Crippen LogP contribution is 2.43. The fraction of sp³-hybridized carbons (Fsp3) is 0.0769. The van der Waals surface area contributed by atoms with Crippen LogP contribution in [0.1, 0.15) is 0 Å². The van der Waals surface area contributed by atoms with Crippen molar-refractivity contribution in [1.29, 1.82) is 0 Å². The molecular formula is C13H12ClFNO2P. The van der Waals surface area contributed by atoms with E-state index in [4.69, 9.17) is 16.1 Å². The van der Waals surface area contributed by atoms with Crippen molar-refractivity contribution in [2.24, 2.45) is 0 Å². The third kappa shape index (κ3) is 3.98. The molecule has 19 heavy (non-hydrogen) atoms. The van der Waals surface area contributed by atoms with Gasteiger partial charge in [-0.15, -0.1) is 0 Å². The molecule has 0 unspecified atom stereocenters. The minimum atomic E-state index is -3.21. The Balaban J connectivity index is 2.13. The summed E-state index contributed by atoms with van der Waals surface area (Å²) in [6, 6.07) is 12.4. The van der Waals surface area contributed by atoms with Gasteiger partial charge in [-0.1, -0.05) is 23.7 Å². The van der Waals surface area contributed by atoms with E-state index in [1.165, 1.54) is 18.8 Å². The van der Waals surface area contributed by atoms with Crippen molar-refractivity contribution < 1.29 is 13.5 Å². The normalized spacial score (nSPS) is 13.6. The minimum Gasteiger partial charge on any atom is -0.429 e. The summed E-state index contributed by atoms with van der Waals surface area (Å²) in [7, 11) is -3.21. The summed E-state index contributed by atoms with van der Waals surface area (Å²) >= 11 is 5.74. The SMILES string of the molecule is C[P@](=O)(Nc1ccccc1F)Oc1ccc(Cl)cc1. The first-order chi connectivity index (χ1) is 8.96. The van der Waals surface area contributed by atoms with Crippen LogP contribution >= 0.6 is 19.1 Å². The number of hydrogen-bond acceptors (Lipinski definition) is 2. The molecular weight excluding hydrogens is 288 g/mol. The lowest BCUT2D eigenvalue weighted by Gasteiger charge is -2.17. The van der Waals surface area contributed by atoms with Gasteiger partial charge in [-0.05, 0) is 36.4 Å². The second-order valence-electron chi connectivity index (χ2n) is 3.98. The topological polar surface area (TPSA) is 38.3 Å². The summed E-state index contributed by atoms with van der Waals surface area (Å²) in [4.78, 5) is 0. The van der Waals surface area contributed by atoms with E-state index in [9.17, 15) is 8.96 Å². The number of benzene rings is 2. The van der Waals surface area contributed by atoms with Crippen LogP contribution in [0, 0.1) is 5.82 Å². The molecule has 0 aliphatic rings. The lowest BCUT2D eigenvalue weighted by Crippen LogP contribution is -2.03. The van der Waals surface area contributed by atoms with Gasteiger partial charge in [0, 0.05) is 11.7 Å². The van der Waals surface area contributed by atoms with Gasteiger partial charge >= 0.3 is 7.52 Å². The van der Waals surface area contributed by atoms with Crippen LogP contribution in [0.2, 0.25) is 5.02 Å². The molecule has 0 fully saturated rings. The van der Waals surface area contributed by atoms with Crippen molar-refractivity contribution in [1.82, 2.24) is 0 Å². The van der Waals surface area contributed by atoms with E-state index in [1.807, 2.05) is 0 Å². The Morgan fingerprint density at radius 2 is 1.79 bits per heavy atom. The quantitative estimate of drug-likeness (QED) is 0.825. The van der Waals surface area contributed by atoms with Gasteiger partial charge in [0.05, 0.1) is 5.69 Å². The van der Waals surface area contributed by atoms with E-state index in [1.54, 1.807) is 36.4 Å². The van der Waals surface area contributed by atoms with E-state index < -0.39 is 13.3 Å². The molecule has 0 aromatic heterocycles. The molecule has 3 nitrogen and oxygen atoms in total. The summed E-state index contributed by atoms with van der Waals surface area (Å²) in [6.45, 7) is 1.38. The Kier molecular flexibility index (Phi) is 4.13. The third-order valence-electron chi connectivity index (χ3n) is 2.29. The lowest BCUT2D eigenvalue weighted by molar-refractivity contribution is 0.493. The zero-order chi connectivity index (χ0) is 13.9. The Morgan fingerprint density at radius 3 is 2.42 bits per heavy atom. The van der Waals surface area contributed by atoms with Gasteiger partial charge in [0.2, 0.25) is 0 Å². The number of rotatable bonds is 4. The first-order valence-electron chi connectivity index (χ1n) is 5.52. The molecule has 0 spiro atoms. The molecule has 0 aliphatic carbocycles. The summed E-state index contributed by atoms with van der Waals surface area (Å²) in [5, 5.41) is 3.13. The fourth-order valence-corrected chi connectivity index (χ4v) is 2.80. The average Bonchev–Trinajstić information content (AvgIpc) is 2.35. The van der Waals surface area contributed by atoms with Gasteiger partial charge in [-0.25, -0.2) is 4.39 Å². The Morgan fingerprint density at radius 1 is 1.16 bits per heavy atom. The number of nitrogens with one attached hydrogen (secondary N) is 1. The third-order valence-corrected chi connectivity index (χ3v) is 3.75. The molecule has 6 heteroatoms. The number of para-hydroxylation sites is 1.